The maximum Gasteiger partial charge on any atom is 0.269 e. The number of hydrogen-bond donors (Lipinski definition) is 1. The van der Waals surface area contributed by atoms with Gasteiger partial charge in [-0.25, -0.2) is 0 Å². The van der Waals surface area contributed by atoms with Crippen LogP contribution < -0.4 is 5.73 Å². The van der Waals surface area contributed by atoms with Crippen LogP contribution in [0.2, 0.25) is 0 Å². The Morgan fingerprint density at radius 2 is 1.71 bits per heavy atom. The van der Waals surface area contributed by atoms with Crippen LogP contribution in [0.1, 0.15) is 11.1 Å². The molecule has 0 amide bonds. The third-order valence-corrected chi connectivity index (χ3v) is 2.48. The van der Waals surface area contributed by atoms with Crippen LogP contribution in [-0.2, 0) is 6.42 Å². The molecule has 0 bridgehead atoms. The van der Waals surface area contributed by atoms with Crippen molar-refractivity contribution in [3.63, 3.8) is 0 Å². The van der Waals surface area contributed by atoms with Crippen LogP contribution in [-0.4, -0.2) is 4.92 Å². The van der Waals surface area contributed by atoms with Gasteiger partial charge in [0, 0.05) is 17.8 Å². The Labute approximate surface area is 98.8 Å². The number of nitro groups is 1. The summed E-state index contributed by atoms with van der Waals surface area (Å²) in [5.74, 6) is 0. The van der Waals surface area contributed by atoms with Gasteiger partial charge >= 0.3 is 0 Å². The Kier molecular flexibility index (Phi) is 3.05. The maximum atomic E-state index is 10.6. The van der Waals surface area contributed by atoms with Gasteiger partial charge in [0.05, 0.1) is 4.92 Å². The molecule has 2 aromatic rings. The molecule has 0 aliphatic heterocycles. The van der Waals surface area contributed by atoms with Crippen molar-refractivity contribution in [1.82, 2.24) is 0 Å². The van der Waals surface area contributed by atoms with Crippen molar-refractivity contribution in [3.8, 4) is 0 Å². The molecule has 0 fully saturated rings. The standard InChI is InChI=1S/C13H12N2O2/c14-12-5-1-3-10(8-12)7-11-4-2-6-13(9-11)15(16)17/h1-6,8-9H,7,14H2. The lowest BCUT2D eigenvalue weighted by Gasteiger charge is -2.03. The zero-order chi connectivity index (χ0) is 12.3. The molecule has 0 radical (unpaired) electrons. The Balaban J connectivity index is 2.24. The van der Waals surface area contributed by atoms with Crippen molar-refractivity contribution >= 4 is 11.4 Å². The molecule has 0 aliphatic carbocycles. The van der Waals surface area contributed by atoms with Gasteiger partial charge in [0.1, 0.15) is 0 Å². The summed E-state index contributed by atoms with van der Waals surface area (Å²) in [6.45, 7) is 0. The van der Waals surface area contributed by atoms with Crippen molar-refractivity contribution in [3.05, 3.63) is 69.8 Å². The summed E-state index contributed by atoms with van der Waals surface area (Å²) in [6, 6.07) is 14.2. The van der Waals surface area contributed by atoms with E-state index < -0.39 is 0 Å². The first-order chi connectivity index (χ1) is 8.15. The van der Waals surface area contributed by atoms with Gasteiger partial charge in [0.15, 0.2) is 0 Å². The highest BCUT2D eigenvalue weighted by Crippen LogP contribution is 2.17. The SMILES string of the molecule is Nc1cccc(Cc2cccc([N+](=O)[O-])c2)c1. The summed E-state index contributed by atoms with van der Waals surface area (Å²) in [5.41, 5.74) is 8.45. The molecule has 17 heavy (non-hydrogen) atoms. The predicted molar refractivity (Wildman–Crippen MR) is 66.8 cm³/mol. The van der Waals surface area contributed by atoms with E-state index in [2.05, 4.69) is 0 Å². The molecule has 0 aromatic heterocycles. The van der Waals surface area contributed by atoms with Crippen molar-refractivity contribution in [2.24, 2.45) is 0 Å². The lowest BCUT2D eigenvalue weighted by atomic mass is 10.0. The highest BCUT2D eigenvalue weighted by atomic mass is 16.6. The van der Waals surface area contributed by atoms with Crippen LogP contribution >= 0.6 is 0 Å². The molecular formula is C13H12N2O2. The van der Waals surface area contributed by atoms with Gasteiger partial charge in [-0.15, -0.1) is 0 Å². The molecule has 0 saturated heterocycles. The number of rotatable bonds is 3. The quantitative estimate of drug-likeness (QED) is 0.499. The van der Waals surface area contributed by atoms with Crippen LogP contribution in [0, 0.1) is 10.1 Å². The normalized spacial score (nSPS) is 10.1. The topological polar surface area (TPSA) is 69.2 Å². The molecule has 86 valence electrons. The Morgan fingerprint density at radius 3 is 2.35 bits per heavy atom. The van der Waals surface area contributed by atoms with Crippen molar-refractivity contribution in [2.45, 2.75) is 6.42 Å². The summed E-state index contributed by atoms with van der Waals surface area (Å²) in [7, 11) is 0. The zero-order valence-electron chi connectivity index (χ0n) is 9.17. The van der Waals surface area contributed by atoms with Gasteiger partial charge in [-0.3, -0.25) is 10.1 Å². The maximum absolute atomic E-state index is 10.6. The Bertz CT molecular complexity index is 553. The summed E-state index contributed by atoms with van der Waals surface area (Å²) in [4.78, 5) is 10.3. The van der Waals surface area contributed by atoms with E-state index in [4.69, 9.17) is 5.73 Å². The molecule has 2 aromatic carbocycles. The molecule has 4 heteroatoms. The molecule has 0 aliphatic rings. The van der Waals surface area contributed by atoms with Crippen LogP contribution in [0.4, 0.5) is 11.4 Å². The predicted octanol–water partition coefficient (Wildman–Crippen LogP) is 2.77. The van der Waals surface area contributed by atoms with Crippen molar-refractivity contribution < 1.29 is 4.92 Å². The number of nitrogens with two attached hydrogens (primary N) is 1. The summed E-state index contributed by atoms with van der Waals surface area (Å²) in [6.07, 6.45) is 0.646. The lowest BCUT2D eigenvalue weighted by Crippen LogP contribution is -1.93. The molecule has 0 saturated carbocycles. The number of nitro benzene ring substituents is 1. The van der Waals surface area contributed by atoms with E-state index in [-0.39, 0.29) is 10.6 Å². The average molecular weight is 228 g/mol. The van der Waals surface area contributed by atoms with Gasteiger partial charge in [0.2, 0.25) is 0 Å². The van der Waals surface area contributed by atoms with E-state index in [1.807, 2.05) is 30.3 Å². The van der Waals surface area contributed by atoms with E-state index in [1.165, 1.54) is 6.07 Å². The first-order valence-electron chi connectivity index (χ1n) is 5.23. The largest absolute Gasteiger partial charge is 0.399 e. The molecule has 2 N–H and O–H groups in total. The number of benzene rings is 2. The first-order valence-corrected chi connectivity index (χ1v) is 5.23. The van der Waals surface area contributed by atoms with Gasteiger partial charge in [-0.2, -0.15) is 0 Å². The smallest absolute Gasteiger partial charge is 0.269 e. The Morgan fingerprint density at radius 1 is 1.06 bits per heavy atom. The zero-order valence-corrected chi connectivity index (χ0v) is 9.17. The average Bonchev–Trinajstić information content (AvgIpc) is 2.29. The van der Waals surface area contributed by atoms with E-state index in [0.29, 0.717) is 12.1 Å². The van der Waals surface area contributed by atoms with Crippen molar-refractivity contribution in [1.29, 1.82) is 0 Å². The number of anilines is 1. The van der Waals surface area contributed by atoms with E-state index in [0.717, 1.165) is 11.1 Å². The third kappa shape index (κ3) is 2.81. The van der Waals surface area contributed by atoms with Crippen LogP contribution in [0.3, 0.4) is 0 Å². The van der Waals surface area contributed by atoms with E-state index in [1.54, 1.807) is 12.1 Å². The first kappa shape index (κ1) is 11.1. The van der Waals surface area contributed by atoms with Gasteiger partial charge in [0.25, 0.3) is 5.69 Å². The van der Waals surface area contributed by atoms with Crippen LogP contribution in [0.15, 0.2) is 48.5 Å². The highest BCUT2D eigenvalue weighted by Gasteiger charge is 2.05. The minimum Gasteiger partial charge on any atom is -0.399 e. The molecular weight excluding hydrogens is 216 g/mol. The number of non-ortho nitro benzene ring substituents is 1. The third-order valence-electron chi connectivity index (χ3n) is 2.48. The molecule has 0 heterocycles. The van der Waals surface area contributed by atoms with E-state index in [9.17, 15) is 10.1 Å². The monoisotopic (exact) mass is 228 g/mol. The number of nitrogens with zero attached hydrogens (tertiary/aromatic N) is 1. The van der Waals surface area contributed by atoms with Gasteiger partial charge in [-0.05, 0) is 29.7 Å². The summed E-state index contributed by atoms with van der Waals surface area (Å²) < 4.78 is 0. The second kappa shape index (κ2) is 4.65. The molecule has 4 nitrogen and oxygen atoms in total. The number of hydrogen-bond acceptors (Lipinski definition) is 3. The molecule has 0 spiro atoms. The highest BCUT2D eigenvalue weighted by molar-refractivity contribution is 5.43. The Hall–Kier alpha value is -2.36. The molecule has 2 rings (SSSR count). The second-order valence-corrected chi connectivity index (χ2v) is 3.85. The molecule has 0 atom stereocenters. The van der Waals surface area contributed by atoms with Crippen LogP contribution in [0.5, 0.6) is 0 Å². The summed E-state index contributed by atoms with van der Waals surface area (Å²) >= 11 is 0. The second-order valence-electron chi connectivity index (χ2n) is 3.85. The lowest BCUT2D eigenvalue weighted by molar-refractivity contribution is -0.384. The fourth-order valence-corrected chi connectivity index (χ4v) is 1.72. The van der Waals surface area contributed by atoms with Crippen molar-refractivity contribution in [2.75, 3.05) is 5.73 Å². The van der Waals surface area contributed by atoms with E-state index >= 15 is 0 Å². The van der Waals surface area contributed by atoms with Crippen LogP contribution in [0.25, 0.3) is 0 Å². The van der Waals surface area contributed by atoms with Gasteiger partial charge in [-0.1, -0.05) is 24.3 Å². The fourth-order valence-electron chi connectivity index (χ4n) is 1.72. The minimum atomic E-state index is -0.386. The van der Waals surface area contributed by atoms with Gasteiger partial charge < -0.3 is 5.73 Å². The fraction of sp³-hybridized carbons (Fsp3) is 0.0769. The summed E-state index contributed by atoms with van der Waals surface area (Å²) in [5, 5.41) is 10.6. The number of nitrogen functional groups attached to an aromatic ring is 1. The molecule has 0 unspecified atom stereocenters. The minimum absolute atomic E-state index is 0.117.